The summed E-state index contributed by atoms with van der Waals surface area (Å²) in [6, 6.07) is 44.7. The summed E-state index contributed by atoms with van der Waals surface area (Å²) < 4.78 is 6.39. The number of pyridine rings is 1. The van der Waals surface area contributed by atoms with Crippen LogP contribution in [0.25, 0.3) is 56.1 Å². The van der Waals surface area contributed by atoms with Gasteiger partial charge in [0.2, 0.25) is 5.89 Å². The number of phenols is 1. The largest absolute Gasteiger partial charge is 0.507 e. The van der Waals surface area contributed by atoms with Gasteiger partial charge >= 0.3 is 0 Å². The molecule has 2 heterocycles. The van der Waals surface area contributed by atoms with Crippen LogP contribution in [0.2, 0.25) is 0 Å². The maximum atomic E-state index is 10.9. The Balaban J connectivity index is 1.46. The quantitative estimate of drug-likeness (QED) is 0.221. The van der Waals surface area contributed by atoms with E-state index < -0.39 is 0 Å². The van der Waals surface area contributed by atoms with Crippen molar-refractivity contribution in [3.63, 3.8) is 0 Å². The molecule has 0 amide bonds. The van der Waals surface area contributed by atoms with E-state index in [1.807, 2.05) is 79.0 Å². The molecule has 0 radical (unpaired) electrons. The van der Waals surface area contributed by atoms with Gasteiger partial charge in [-0.15, -0.1) is 0 Å². The van der Waals surface area contributed by atoms with E-state index in [0.717, 1.165) is 44.6 Å². The van der Waals surface area contributed by atoms with Crippen molar-refractivity contribution >= 4 is 11.1 Å². The van der Waals surface area contributed by atoms with Crippen LogP contribution in [-0.4, -0.2) is 15.1 Å². The minimum atomic E-state index is -0.333. The maximum Gasteiger partial charge on any atom is 0.231 e. The third kappa shape index (κ3) is 4.87. The third-order valence-corrected chi connectivity index (χ3v) is 8.18. The number of hydrogen-bond acceptors (Lipinski definition) is 4. The zero-order valence-corrected chi connectivity index (χ0v) is 24.0. The van der Waals surface area contributed by atoms with Crippen LogP contribution in [0.5, 0.6) is 5.75 Å². The lowest BCUT2D eigenvalue weighted by Crippen LogP contribution is -2.20. The Morgan fingerprint density at radius 1 is 0.628 bits per heavy atom. The number of benzene rings is 5. The van der Waals surface area contributed by atoms with Gasteiger partial charge in [-0.1, -0.05) is 111 Å². The van der Waals surface area contributed by atoms with Gasteiger partial charge in [0.25, 0.3) is 0 Å². The van der Waals surface area contributed by atoms with Crippen molar-refractivity contribution in [2.45, 2.75) is 19.3 Å². The van der Waals surface area contributed by atoms with Crippen molar-refractivity contribution in [2.75, 3.05) is 0 Å². The molecule has 4 heteroatoms. The molecular formula is C39H30N2O2. The number of nitrogens with zero attached hydrogens (tertiary/aromatic N) is 2. The van der Waals surface area contributed by atoms with Crippen LogP contribution in [0.15, 0.2) is 144 Å². The third-order valence-electron chi connectivity index (χ3n) is 8.18. The maximum absolute atomic E-state index is 10.9. The molecule has 5 aromatic carbocycles. The molecule has 0 spiro atoms. The molecule has 0 unspecified atom stereocenters. The van der Waals surface area contributed by atoms with E-state index in [2.05, 4.69) is 73.4 Å². The van der Waals surface area contributed by atoms with Gasteiger partial charge in [-0.2, -0.15) is 0 Å². The molecule has 43 heavy (non-hydrogen) atoms. The molecule has 0 saturated heterocycles. The van der Waals surface area contributed by atoms with E-state index in [0.29, 0.717) is 17.0 Å². The van der Waals surface area contributed by atoms with Crippen molar-refractivity contribution in [3.05, 3.63) is 151 Å². The van der Waals surface area contributed by atoms with Gasteiger partial charge in [-0.25, -0.2) is 4.98 Å². The van der Waals surface area contributed by atoms with Crippen LogP contribution in [0.1, 0.15) is 25.0 Å². The minimum absolute atomic E-state index is 0.120. The molecule has 0 aliphatic carbocycles. The average Bonchev–Trinajstić information content (AvgIpc) is 3.50. The highest BCUT2D eigenvalue weighted by Crippen LogP contribution is 2.44. The van der Waals surface area contributed by atoms with Gasteiger partial charge in [0, 0.05) is 22.7 Å². The normalized spacial score (nSPS) is 11.6. The molecule has 0 bridgehead atoms. The van der Waals surface area contributed by atoms with Crippen LogP contribution in [0, 0.1) is 0 Å². The lowest BCUT2D eigenvalue weighted by atomic mass is 9.74. The number of aromatic nitrogens is 2. The molecule has 1 N–H and O–H groups in total. The van der Waals surface area contributed by atoms with E-state index in [9.17, 15) is 5.11 Å². The first-order valence-corrected chi connectivity index (χ1v) is 14.4. The molecule has 4 nitrogen and oxygen atoms in total. The number of rotatable bonds is 6. The van der Waals surface area contributed by atoms with E-state index in [1.54, 1.807) is 6.07 Å². The second kappa shape index (κ2) is 10.7. The number of oxazole rings is 1. The summed E-state index contributed by atoms with van der Waals surface area (Å²) in [7, 11) is 0. The monoisotopic (exact) mass is 558 g/mol. The summed E-state index contributed by atoms with van der Waals surface area (Å²) in [6.07, 6.45) is 1.81. The predicted octanol–water partition coefficient (Wildman–Crippen LogP) is 9.92. The topological polar surface area (TPSA) is 59.2 Å². The summed E-state index contributed by atoms with van der Waals surface area (Å²) in [5.74, 6) is 0.497. The van der Waals surface area contributed by atoms with Gasteiger partial charge in [0.1, 0.15) is 11.3 Å². The smallest absolute Gasteiger partial charge is 0.231 e. The lowest BCUT2D eigenvalue weighted by molar-refractivity contribution is 0.474. The Bertz CT molecular complexity index is 2050. The Labute approximate surface area is 251 Å². The fourth-order valence-electron chi connectivity index (χ4n) is 5.82. The van der Waals surface area contributed by atoms with Crippen molar-refractivity contribution in [1.29, 1.82) is 0 Å². The van der Waals surface area contributed by atoms with E-state index >= 15 is 0 Å². The first-order chi connectivity index (χ1) is 21.0. The summed E-state index contributed by atoms with van der Waals surface area (Å²) in [4.78, 5) is 9.67. The predicted molar refractivity (Wildman–Crippen MR) is 174 cm³/mol. The van der Waals surface area contributed by atoms with Gasteiger partial charge in [0.15, 0.2) is 5.58 Å². The van der Waals surface area contributed by atoms with E-state index in [4.69, 9.17) is 9.40 Å². The van der Waals surface area contributed by atoms with E-state index in [-0.39, 0.29) is 11.2 Å². The summed E-state index contributed by atoms with van der Waals surface area (Å²) in [5.41, 5.74) is 9.94. The van der Waals surface area contributed by atoms with Crippen LogP contribution in [0.3, 0.4) is 0 Å². The number of aromatic hydroxyl groups is 1. The molecule has 0 fully saturated rings. The first-order valence-electron chi connectivity index (χ1n) is 14.4. The summed E-state index contributed by atoms with van der Waals surface area (Å²) in [5, 5.41) is 10.9. The van der Waals surface area contributed by atoms with Gasteiger partial charge in [0.05, 0.1) is 11.3 Å². The highest BCUT2D eigenvalue weighted by molar-refractivity contribution is 5.96. The van der Waals surface area contributed by atoms with Gasteiger partial charge < -0.3 is 9.52 Å². The number of hydrogen-bond donors (Lipinski definition) is 1. The Hall–Kier alpha value is -5.48. The first kappa shape index (κ1) is 26.4. The minimum Gasteiger partial charge on any atom is -0.507 e. The van der Waals surface area contributed by atoms with E-state index in [1.165, 1.54) is 5.56 Å². The zero-order valence-electron chi connectivity index (χ0n) is 24.0. The number of fused-ring (bicyclic) bond motifs is 1. The Morgan fingerprint density at radius 2 is 1.35 bits per heavy atom. The summed E-state index contributed by atoms with van der Waals surface area (Å²) >= 11 is 0. The molecule has 7 rings (SSSR count). The highest BCUT2D eigenvalue weighted by Gasteiger charge is 2.29. The highest BCUT2D eigenvalue weighted by atomic mass is 16.3. The van der Waals surface area contributed by atoms with Crippen LogP contribution >= 0.6 is 0 Å². The van der Waals surface area contributed by atoms with Crippen LogP contribution in [0.4, 0.5) is 0 Å². The van der Waals surface area contributed by atoms with Gasteiger partial charge in [-0.3, -0.25) is 4.98 Å². The second-order valence-electron chi connectivity index (χ2n) is 11.2. The van der Waals surface area contributed by atoms with Crippen molar-refractivity contribution in [1.82, 2.24) is 9.97 Å². The molecule has 7 aromatic rings. The summed E-state index contributed by atoms with van der Waals surface area (Å²) in [6.45, 7) is 4.48. The molecular weight excluding hydrogens is 528 g/mol. The van der Waals surface area contributed by atoms with Crippen molar-refractivity contribution in [2.24, 2.45) is 0 Å². The molecule has 208 valence electrons. The molecule has 2 aromatic heterocycles. The molecule has 0 saturated carbocycles. The Morgan fingerprint density at radius 3 is 2.12 bits per heavy atom. The van der Waals surface area contributed by atoms with Crippen molar-refractivity contribution < 1.29 is 9.52 Å². The lowest BCUT2D eigenvalue weighted by Gasteiger charge is -2.29. The van der Waals surface area contributed by atoms with Crippen molar-refractivity contribution in [3.8, 4) is 50.7 Å². The Kier molecular flexibility index (Phi) is 6.59. The molecule has 0 atom stereocenters. The number of phenolic OH excluding ortho intramolecular Hbond substituents is 1. The SMILES string of the molecule is CC(C)(c1ccccc1)c1ccc2oc(-c3cc(-c4ccccc4)ccc3O)nc2c1-c1cccc(-c2ccccn2)c1. The average molecular weight is 559 g/mol. The van der Waals surface area contributed by atoms with Crippen LogP contribution in [-0.2, 0) is 5.41 Å². The van der Waals surface area contributed by atoms with Gasteiger partial charge in [-0.05, 0) is 64.2 Å². The fourth-order valence-corrected chi connectivity index (χ4v) is 5.82. The fraction of sp³-hybridized carbons (Fsp3) is 0.0769. The molecule has 0 aliphatic rings. The molecule has 0 aliphatic heterocycles. The standard InChI is InChI=1S/C39H30N2O2/c1-39(2,30-16-7-4-8-17-30)32-20-22-35-37(36(32)29-15-11-14-28(24-29)33-18-9-10-23-40-33)41-38(43-35)31-25-27(19-21-34(31)42)26-12-5-3-6-13-26/h3-25,42H,1-2H3. The van der Waals surface area contributed by atoms with Crippen LogP contribution < -0.4 is 0 Å². The zero-order chi connectivity index (χ0) is 29.4. The second-order valence-corrected chi connectivity index (χ2v) is 11.2.